The minimum absolute atomic E-state index is 0.0723. The van der Waals surface area contributed by atoms with Gasteiger partial charge >= 0.3 is 0 Å². The van der Waals surface area contributed by atoms with Crippen molar-refractivity contribution in [2.45, 2.75) is 6.54 Å². The fourth-order valence-corrected chi connectivity index (χ4v) is 2.83. The van der Waals surface area contributed by atoms with Crippen LogP contribution < -0.4 is 10.1 Å². The highest BCUT2D eigenvalue weighted by atomic mass is 32.2. The minimum Gasteiger partial charge on any atom is -0.493 e. The van der Waals surface area contributed by atoms with Gasteiger partial charge in [-0.2, -0.15) is 0 Å². The van der Waals surface area contributed by atoms with Crippen molar-refractivity contribution in [3.05, 3.63) is 52.7 Å². The molecule has 0 saturated heterocycles. The Morgan fingerprint density at radius 1 is 1.20 bits per heavy atom. The Kier molecular flexibility index (Phi) is 6.47. The molecule has 0 saturated carbocycles. The van der Waals surface area contributed by atoms with Crippen LogP contribution in [-0.2, 0) is 11.3 Å². The molecule has 1 amide bonds. The summed E-state index contributed by atoms with van der Waals surface area (Å²) in [5.41, 5.74) is 0. The molecule has 1 heterocycles. The van der Waals surface area contributed by atoms with E-state index in [-0.39, 0.29) is 5.91 Å². The van der Waals surface area contributed by atoms with Gasteiger partial charge in [-0.3, -0.25) is 4.79 Å². The Labute approximate surface area is 127 Å². The molecule has 0 atom stereocenters. The van der Waals surface area contributed by atoms with Crippen LogP contribution in [0.4, 0.5) is 0 Å². The normalized spacial score (nSPS) is 10.2. The standard InChI is InChI=1S/C15H17NO2S2/c17-15(16-11-14-7-4-9-20-14)12-19-10-8-18-13-5-2-1-3-6-13/h1-7,9H,8,10-12H2,(H,16,17). The Balaban J connectivity index is 1.51. The summed E-state index contributed by atoms with van der Waals surface area (Å²) in [7, 11) is 0. The first-order valence-corrected chi connectivity index (χ1v) is 8.43. The van der Waals surface area contributed by atoms with Crippen molar-refractivity contribution in [2.75, 3.05) is 18.1 Å². The summed E-state index contributed by atoms with van der Waals surface area (Å²) < 4.78 is 5.56. The number of nitrogens with one attached hydrogen (secondary N) is 1. The van der Waals surface area contributed by atoms with Crippen LogP contribution in [0.2, 0.25) is 0 Å². The van der Waals surface area contributed by atoms with Gasteiger partial charge in [0, 0.05) is 10.6 Å². The van der Waals surface area contributed by atoms with Gasteiger partial charge in [-0.1, -0.05) is 24.3 Å². The number of thiophene rings is 1. The number of hydrogen-bond acceptors (Lipinski definition) is 4. The highest BCUT2D eigenvalue weighted by Gasteiger charge is 2.02. The molecule has 0 spiro atoms. The van der Waals surface area contributed by atoms with Crippen LogP contribution in [0.5, 0.6) is 5.75 Å². The number of amides is 1. The monoisotopic (exact) mass is 307 g/mol. The third-order valence-corrected chi connectivity index (χ3v) is 4.31. The van der Waals surface area contributed by atoms with Gasteiger partial charge in [0.1, 0.15) is 5.75 Å². The smallest absolute Gasteiger partial charge is 0.230 e. The van der Waals surface area contributed by atoms with Crippen LogP contribution in [-0.4, -0.2) is 24.0 Å². The van der Waals surface area contributed by atoms with Crippen LogP contribution in [0, 0.1) is 0 Å². The molecule has 0 fully saturated rings. The first kappa shape index (κ1) is 14.9. The fraction of sp³-hybridized carbons (Fsp3) is 0.267. The molecule has 2 rings (SSSR count). The maximum atomic E-state index is 11.6. The molecule has 5 heteroatoms. The highest BCUT2D eigenvalue weighted by Crippen LogP contribution is 2.10. The Morgan fingerprint density at radius 3 is 2.80 bits per heavy atom. The third-order valence-electron chi connectivity index (χ3n) is 2.51. The molecule has 3 nitrogen and oxygen atoms in total. The topological polar surface area (TPSA) is 38.3 Å². The molecule has 0 unspecified atom stereocenters. The average molecular weight is 307 g/mol. The van der Waals surface area contributed by atoms with E-state index < -0.39 is 0 Å². The molecule has 0 aliphatic heterocycles. The summed E-state index contributed by atoms with van der Waals surface area (Å²) in [5.74, 6) is 2.23. The molecular weight excluding hydrogens is 290 g/mol. The summed E-state index contributed by atoms with van der Waals surface area (Å²) in [6.07, 6.45) is 0. The molecule has 106 valence electrons. The fourth-order valence-electron chi connectivity index (χ4n) is 1.55. The summed E-state index contributed by atoms with van der Waals surface area (Å²) in [5, 5.41) is 4.91. The van der Waals surface area contributed by atoms with E-state index in [1.54, 1.807) is 23.1 Å². The lowest BCUT2D eigenvalue weighted by molar-refractivity contribution is -0.118. The quantitative estimate of drug-likeness (QED) is 0.761. The van der Waals surface area contributed by atoms with Gasteiger partial charge < -0.3 is 10.1 Å². The summed E-state index contributed by atoms with van der Waals surface area (Å²) in [6, 6.07) is 13.7. The summed E-state index contributed by atoms with van der Waals surface area (Å²) in [6.45, 7) is 1.24. The van der Waals surface area contributed by atoms with Crippen LogP contribution in [0.15, 0.2) is 47.8 Å². The van der Waals surface area contributed by atoms with E-state index in [0.717, 1.165) is 11.5 Å². The SMILES string of the molecule is O=C(CSCCOc1ccccc1)NCc1cccs1. The van der Waals surface area contributed by atoms with Crippen molar-refractivity contribution < 1.29 is 9.53 Å². The molecule has 0 aliphatic rings. The van der Waals surface area contributed by atoms with Gasteiger partial charge in [0.25, 0.3) is 0 Å². The maximum Gasteiger partial charge on any atom is 0.230 e. The number of para-hydroxylation sites is 1. The third kappa shape index (κ3) is 5.67. The van der Waals surface area contributed by atoms with Gasteiger partial charge in [-0.15, -0.1) is 23.1 Å². The zero-order valence-corrected chi connectivity index (χ0v) is 12.7. The second kappa shape index (κ2) is 8.66. The van der Waals surface area contributed by atoms with Crippen molar-refractivity contribution in [1.82, 2.24) is 5.32 Å². The average Bonchev–Trinajstić information content (AvgIpc) is 2.99. The lowest BCUT2D eigenvalue weighted by Crippen LogP contribution is -2.24. The van der Waals surface area contributed by atoms with Crippen molar-refractivity contribution in [3.63, 3.8) is 0 Å². The number of carbonyl (C=O) groups is 1. The zero-order valence-electron chi connectivity index (χ0n) is 11.1. The van der Waals surface area contributed by atoms with Gasteiger partial charge in [0.05, 0.1) is 18.9 Å². The van der Waals surface area contributed by atoms with Crippen LogP contribution in [0.25, 0.3) is 0 Å². The van der Waals surface area contributed by atoms with Crippen molar-refractivity contribution in [1.29, 1.82) is 0 Å². The Hall–Kier alpha value is -1.46. The molecule has 0 aliphatic carbocycles. The number of hydrogen-bond donors (Lipinski definition) is 1. The lowest BCUT2D eigenvalue weighted by Gasteiger charge is -2.06. The molecule has 2 aromatic rings. The number of rotatable bonds is 8. The maximum absolute atomic E-state index is 11.6. The van der Waals surface area contributed by atoms with Crippen LogP contribution in [0.1, 0.15) is 4.88 Å². The minimum atomic E-state index is 0.0723. The second-order valence-corrected chi connectivity index (χ2v) is 6.21. The van der Waals surface area contributed by atoms with Gasteiger partial charge in [0.2, 0.25) is 5.91 Å². The Morgan fingerprint density at radius 2 is 2.05 bits per heavy atom. The predicted molar refractivity (Wildman–Crippen MR) is 85.4 cm³/mol. The van der Waals surface area contributed by atoms with E-state index in [2.05, 4.69) is 5.32 Å². The Bertz CT molecular complexity index is 500. The summed E-state index contributed by atoms with van der Waals surface area (Å²) in [4.78, 5) is 12.8. The lowest BCUT2D eigenvalue weighted by atomic mass is 10.3. The van der Waals surface area contributed by atoms with Crippen molar-refractivity contribution >= 4 is 29.0 Å². The zero-order chi connectivity index (χ0) is 14.0. The number of benzene rings is 1. The van der Waals surface area contributed by atoms with Crippen molar-refractivity contribution in [2.24, 2.45) is 0 Å². The first-order chi connectivity index (χ1) is 9.84. The van der Waals surface area contributed by atoms with E-state index in [4.69, 9.17) is 4.74 Å². The molecule has 1 N–H and O–H groups in total. The number of thioether (sulfide) groups is 1. The largest absolute Gasteiger partial charge is 0.493 e. The van der Waals surface area contributed by atoms with Crippen LogP contribution >= 0.6 is 23.1 Å². The van der Waals surface area contributed by atoms with E-state index in [9.17, 15) is 4.79 Å². The van der Waals surface area contributed by atoms with Crippen LogP contribution in [0.3, 0.4) is 0 Å². The van der Waals surface area contributed by atoms with E-state index in [1.807, 2.05) is 47.8 Å². The van der Waals surface area contributed by atoms with E-state index >= 15 is 0 Å². The van der Waals surface area contributed by atoms with Gasteiger partial charge in [-0.05, 0) is 23.6 Å². The number of carbonyl (C=O) groups excluding carboxylic acids is 1. The van der Waals surface area contributed by atoms with E-state index in [1.165, 1.54) is 4.88 Å². The van der Waals surface area contributed by atoms with Gasteiger partial charge in [-0.25, -0.2) is 0 Å². The molecule has 0 radical (unpaired) electrons. The molecule has 0 bridgehead atoms. The molecular formula is C15H17NO2S2. The number of ether oxygens (including phenoxy) is 1. The van der Waals surface area contributed by atoms with E-state index in [0.29, 0.717) is 18.9 Å². The molecule has 20 heavy (non-hydrogen) atoms. The first-order valence-electron chi connectivity index (χ1n) is 6.39. The van der Waals surface area contributed by atoms with Crippen molar-refractivity contribution in [3.8, 4) is 5.75 Å². The van der Waals surface area contributed by atoms with Gasteiger partial charge in [0.15, 0.2) is 0 Å². The molecule has 1 aromatic heterocycles. The predicted octanol–water partition coefficient (Wildman–Crippen LogP) is 3.18. The molecule has 1 aromatic carbocycles. The summed E-state index contributed by atoms with van der Waals surface area (Å²) >= 11 is 3.24. The second-order valence-electron chi connectivity index (χ2n) is 4.07. The highest BCUT2D eigenvalue weighted by molar-refractivity contribution is 7.99.